The number of amides is 1. The van der Waals surface area contributed by atoms with Crippen molar-refractivity contribution in [1.82, 2.24) is 5.32 Å². The van der Waals surface area contributed by atoms with E-state index in [9.17, 15) is 9.90 Å². The summed E-state index contributed by atoms with van der Waals surface area (Å²) in [7, 11) is 0. The van der Waals surface area contributed by atoms with Crippen LogP contribution in [0.2, 0.25) is 5.02 Å². The molecule has 0 spiro atoms. The molecule has 0 aromatic heterocycles. The van der Waals surface area contributed by atoms with Gasteiger partial charge in [0.25, 0.3) is 0 Å². The monoisotopic (exact) mass is 238 g/mol. The third kappa shape index (κ3) is 3.89. The van der Waals surface area contributed by atoms with Gasteiger partial charge < -0.3 is 10.4 Å². The molecule has 0 saturated carbocycles. The van der Waals surface area contributed by atoms with Gasteiger partial charge in [0.2, 0.25) is 5.91 Å². The Kier molecular flexibility index (Phi) is 4.77. The maximum atomic E-state index is 11.0. The zero-order chi connectivity index (χ0) is 12.0. The average molecular weight is 239 g/mol. The third-order valence-corrected chi connectivity index (χ3v) is 2.24. The fraction of sp³-hybridized carbons (Fsp3) is 0.273. The van der Waals surface area contributed by atoms with E-state index < -0.39 is 12.0 Å². The summed E-state index contributed by atoms with van der Waals surface area (Å²) in [5.74, 6) is -0.393. The zero-order valence-corrected chi connectivity index (χ0v) is 9.24. The van der Waals surface area contributed by atoms with Crippen LogP contribution >= 0.6 is 11.6 Å². The number of benzene rings is 1. The molecule has 1 atom stereocenters. The van der Waals surface area contributed by atoms with Gasteiger partial charge in [0.15, 0.2) is 0 Å². The fourth-order valence-corrected chi connectivity index (χ4v) is 1.27. The number of nitrogens with zero attached hydrogens (tertiary/aromatic N) is 1. The minimum Gasteiger partial charge on any atom is -0.387 e. The average Bonchev–Trinajstić information content (AvgIpc) is 2.27. The van der Waals surface area contributed by atoms with Crippen molar-refractivity contribution in [2.75, 3.05) is 6.54 Å². The van der Waals surface area contributed by atoms with E-state index >= 15 is 0 Å². The van der Waals surface area contributed by atoms with E-state index in [-0.39, 0.29) is 13.0 Å². The van der Waals surface area contributed by atoms with E-state index in [4.69, 9.17) is 16.9 Å². The van der Waals surface area contributed by atoms with Crippen LogP contribution in [0.5, 0.6) is 0 Å². The van der Waals surface area contributed by atoms with Crippen LogP contribution in [0.1, 0.15) is 18.1 Å². The minimum absolute atomic E-state index is 0.0855. The van der Waals surface area contributed by atoms with Crippen molar-refractivity contribution in [3.8, 4) is 6.07 Å². The van der Waals surface area contributed by atoms with E-state index in [1.807, 2.05) is 0 Å². The van der Waals surface area contributed by atoms with Crippen molar-refractivity contribution in [3.63, 3.8) is 0 Å². The first-order chi connectivity index (χ1) is 7.63. The molecule has 16 heavy (non-hydrogen) atoms. The smallest absolute Gasteiger partial charge is 0.234 e. The first-order valence-electron chi connectivity index (χ1n) is 4.70. The van der Waals surface area contributed by atoms with Gasteiger partial charge in [-0.1, -0.05) is 23.7 Å². The summed E-state index contributed by atoms with van der Waals surface area (Å²) in [4.78, 5) is 11.0. The summed E-state index contributed by atoms with van der Waals surface area (Å²) in [6.07, 6.45) is -0.993. The Morgan fingerprint density at radius 2 is 2.12 bits per heavy atom. The number of carbonyl (C=O) groups is 1. The van der Waals surface area contributed by atoms with Crippen molar-refractivity contribution in [2.24, 2.45) is 0 Å². The normalized spacial score (nSPS) is 11.6. The van der Waals surface area contributed by atoms with Crippen LogP contribution in [0, 0.1) is 11.3 Å². The molecule has 0 aliphatic heterocycles. The van der Waals surface area contributed by atoms with E-state index in [0.29, 0.717) is 10.6 Å². The molecule has 0 saturated heterocycles. The second kappa shape index (κ2) is 6.11. The molecule has 1 aromatic carbocycles. The molecule has 0 aliphatic rings. The Bertz CT molecular complexity index is 397. The molecule has 5 heteroatoms. The molecule has 1 unspecified atom stereocenters. The van der Waals surface area contributed by atoms with Crippen LogP contribution in [0.15, 0.2) is 24.3 Å². The highest BCUT2D eigenvalue weighted by molar-refractivity contribution is 6.30. The summed E-state index contributed by atoms with van der Waals surface area (Å²) >= 11 is 5.70. The Morgan fingerprint density at radius 1 is 1.50 bits per heavy atom. The van der Waals surface area contributed by atoms with Crippen LogP contribution in [0.4, 0.5) is 0 Å². The van der Waals surface area contributed by atoms with Gasteiger partial charge in [-0.05, 0) is 17.7 Å². The van der Waals surface area contributed by atoms with E-state index in [2.05, 4.69) is 5.32 Å². The maximum absolute atomic E-state index is 11.0. The molecule has 2 N–H and O–H groups in total. The van der Waals surface area contributed by atoms with Crippen LogP contribution in [0.3, 0.4) is 0 Å². The molecule has 84 valence electrons. The van der Waals surface area contributed by atoms with Gasteiger partial charge in [0.1, 0.15) is 6.42 Å². The summed E-state index contributed by atoms with van der Waals surface area (Å²) < 4.78 is 0. The number of nitrogens with one attached hydrogen (secondary N) is 1. The molecule has 0 heterocycles. The van der Waals surface area contributed by atoms with Gasteiger partial charge in [-0.25, -0.2) is 0 Å². The van der Waals surface area contributed by atoms with Crippen molar-refractivity contribution in [3.05, 3.63) is 34.9 Å². The van der Waals surface area contributed by atoms with Crippen LogP contribution in [0.25, 0.3) is 0 Å². The molecular weight excluding hydrogens is 228 g/mol. The van der Waals surface area contributed by atoms with Gasteiger partial charge >= 0.3 is 0 Å². The van der Waals surface area contributed by atoms with Crippen LogP contribution in [-0.2, 0) is 4.79 Å². The van der Waals surface area contributed by atoms with Gasteiger partial charge in [0.05, 0.1) is 12.2 Å². The number of hydrogen-bond donors (Lipinski definition) is 2. The molecular formula is C11H11ClN2O2. The lowest BCUT2D eigenvalue weighted by Gasteiger charge is -2.11. The predicted molar refractivity (Wildman–Crippen MR) is 59.7 cm³/mol. The molecule has 0 fully saturated rings. The molecule has 1 rings (SSSR count). The lowest BCUT2D eigenvalue weighted by atomic mass is 10.1. The first kappa shape index (κ1) is 12.5. The standard InChI is InChI=1S/C11H11ClN2O2/c12-9-3-1-8(2-4-9)10(15)7-14-11(16)5-6-13/h1-4,10,15H,5,7H2,(H,14,16). The second-order valence-electron chi connectivity index (χ2n) is 3.21. The maximum Gasteiger partial charge on any atom is 0.234 e. The van der Waals surface area contributed by atoms with Gasteiger partial charge in [0, 0.05) is 11.6 Å². The number of carbonyl (C=O) groups excluding carboxylic acids is 1. The molecule has 0 bridgehead atoms. The molecule has 1 amide bonds. The van der Waals surface area contributed by atoms with Crippen LogP contribution in [-0.4, -0.2) is 17.6 Å². The lowest BCUT2D eigenvalue weighted by Crippen LogP contribution is -2.27. The molecule has 1 aromatic rings. The topological polar surface area (TPSA) is 73.1 Å². The number of hydrogen-bond acceptors (Lipinski definition) is 3. The SMILES string of the molecule is N#CCC(=O)NCC(O)c1ccc(Cl)cc1. The van der Waals surface area contributed by atoms with Crippen molar-refractivity contribution in [2.45, 2.75) is 12.5 Å². The van der Waals surface area contributed by atoms with E-state index in [1.165, 1.54) is 0 Å². The largest absolute Gasteiger partial charge is 0.387 e. The highest BCUT2D eigenvalue weighted by atomic mass is 35.5. The van der Waals surface area contributed by atoms with Gasteiger partial charge in [-0.15, -0.1) is 0 Å². The first-order valence-corrected chi connectivity index (χ1v) is 5.08. The Morgan fingerprint density at radius 3 is 2.69 bits per heavy atom. The predicted octanol–water partition coefficient (Wildman–Crippen LogP) is 1.40. The Balaban J connectivity index is 2.47. The zero-order valence-electron chi connectivity index (χ0n) is 8.48. The molecule has 4 nitrogen and oxygen atoms in total. The quantitative estimate of drug-likeness (QED) is 0.833. The van der Waals surface area contributed by atoms with E-state index in [1.54, 1.807) is 30.3 Å². The Hall–Kier alpha value is -1.57. The van der Waals surface area contributed by atoms with Gasteiger partial charge in [-0.2, -0.15) is 5.26 Å². The van der Waals surface area contributed by atoms with Crippen molar-refractivity contribution in [1.29, 1.82) is 5.26 Å². The number of rotatable bonds is 4. The summed E-state index contributed by atoms with van der Waals surface area (Å²) in [6, 6.07) is 8.42. The van der Waals surface area contributed by atoms with Crippen molar-refractivity contribution >= 4 is 17.5 Å². The second-order valence-corrected chi connectivity index (χ2v) is 3.64. The number of aliphatic hydroxyl groups is 1. The lowest BCUT2D eigenvalue weighted by molar-refractivity contribution is -0.120. The third-order valence-electron chi connectivity index (χ3n) is 1.99. The van der Waals surface area contributed by atoms with E-state index in [0.717, 1.165) is 0 Å². The Labute approximate surface area is 98.5 Å². The van der Waals surface area contributed by atoms with Gasteiger partial charge in [-0.3, -0.25) is 4.79 Å². The van der Waals surface area contributed by atoms with Crippen molar-refractivity contribution < 1.29 is 9.90 Å². The number of halogens is 1. The highest BCUT2D eigenvalue weighted by Crippen LogP contribution is 2.15. The summed E-state index contributed by atoms with van der Waals surface area (Å²) in [5.41, 5.74) is 0.668. The molecule has 0 radical (unpaired) electrons. The van der Waals surface area contributed by atoms with Crippen LogP contribution < -0.4 is 5.32 Å². The fourth-order valence-electron chi connectivity index (χ4n) is 1.15. The number of aliphatic hydroxyl groups excluding tert-OH is 1. The highest BCUT2D eigenvalue weighted by Gasteiger charge is 2.08. The summed E-state index contributed by atoms with van der Waals surface area (Å²) in [6.45, 7) is 0.0855. The minimum atomic E-state index is -0.792. The summed E-state index contributed by atoms with van der Waals surface area (Å²) in [5, 5.41) is 21.0. The number of nitriles is 1. The molecule has 0 aliphatic carbocycles.